The van der Waals surface area contributed by atoms with Crippen molar-refractivity contribution in [2.45, 2.75) is 0 Å². The first kappa shape index (κ1) is 15.5. The molecule has 0 bridgehead atoms. The Labute approximate surface area is 130 Å². The molecule has 0 spiro atoms. The van der Waals surface area contributed by atoms with Crippen molar-refractivity contribution in [1.29, 1.82) is 5.26 Å². The summed E-state index contributed by atoms with van der Waals surface area (Å²) < 4.78 is 0. The predicted molar refractivity (Wildman–Crippen MR) is 80.6 cm³/mol. The van der Waals surface area contributed by atoms with Crippen molar-refractivity contribution in [3.63, 3.8) is 0 Å². The van der Waals surface area contributed by atoms with Gasteiger partial charge in [0.15, 0.2) is 0 Å². The van der Waals surface area contributed by atoms with E-state index in [0.29, 0.717) is 10.4 Å². The highest BCUT2D eigenvalue weighted by molar-refractivity contribution is 7.13. The molecule has 0 saturated carbocycles. The van der Waals surface area contributed by atoms with Crippen LogP contribution in [0, 0.1) is 11.3 Å². The van der Waals surface area contributed by atoms with E-state index in [2.05, 4.69) is 15.6 Å². The van der Waals surface area contributed by atoms with E-state index in [1.54, 1.807) is 29.8 Å². The smallest absolute Gasteiger partial charge is 0.404 e. The largest absolute Gasteiger partial charge is 0.465 e. The van der Waals surface area contributed by atoms with Gasteiger partial charge in [0.2, 0.25) is 0 Å². The number of nitriles is 1. The fourth-order valence-corrected chi connectivity index (χ4v) is 2.53. The van der Waals surface area contributed by atoms with Crippen LogP contribution in [0.2, 0.25) is 0 Å². The minimum Gasteiger partial charge on any atom is -0.465 e. The van der Waals surface area contributed by atoms with Crippen molar-refractivity contribution in [2.75, 3.05) is 13.1 Å². The van der Waals surface area contributed by atoms with Crippen LogP contribution in [0.25, 0.3) is 10.4 Å². The molecule has 1 aromatic carbocycles. The van der Waals surface area contributed by atoms with Gasteiger partial charge in [-0.25, -0.2) is 9.78 Å². The Morgan fingerprint density at radius 1 is 1.23 bits per heavy atom. The Morgan fingerprint density at radius 2 is 1.91 bits per heavy atom. The molecule has 0 aliphatic heterocycles. The number of benzene rings is 1. The van der Waals surface area contributed by atoms with Gasteiger partial charge in [0.05, 0.1) is 22.0 Å². The van der Waals surface area contributed by atoms with Crippen LogP contribution in [-0.2, 0) is 0 Å². The second-order valence-corrected chi connectivity index (χ2v) is 5.06. The monoisotopic (exact) mass is 316 g/mol. The SMILES string of the molecule is N#Cc1ccc(-c2scnc2C(=O)NCCNC(=O)O)cc1. The number of hydrogen-bond donors (Lipinski definition) is 3. The molecule has 1 heterocycles. The predicted octanol–water partition coefficient (Wildman–Crippen LogP) is 1.68. The second-order valence-electron chi connectivity index (χ2n) is 4.21. The number of carbonyl (C=O) groups is 2. The molecule has 1 aromatic heterocycles. The normalized spacial score (nSPS) is 9.77. The summed E-state index contributed by atoms with van der Waals surface area (Å²) in [4.78, 5) is 27.1. The Hall–Kier alpha value is -2.92. The van der Waals surface area contributed by atoms with Gasteiger partial charge in [0.1, 0.15) is 5.69 Å². The zero-order valence-electron chi connectivity index (χ0n) is 11.4. The molecule has 7 nitrogen and oxygen atoms in total. The summed E-state index contributed by atoms with van der Waals surface area (Å²) in [6, 6.07) is 8.90. The van der Waals surface area contributed by atoms with Gasteiger partial charge >= 0.3 is 6.09 Å². The molecule has 0 aliphatic carbocycles. The summed E-state index contributed by atoms with van der Waals surface area (Å²) in [5.74, 6) is -0.368. The van der Waals surface area contributed by atoms with Gasteiger partial charge in [-0.05, 0) is 17.7 Å². The van der Waals surface area contributed by atoms with Gasteiger partial charge in [-0.3, -0.25) is 4.79 Å². The quantitative estimate of drug-likeness (QED) is 0.726. The molecule has 112 valence electrons. The maximum absolute atomic E-state index is 12.1. The maximum atomic E-state index is 12.1. The zero-order valence-corrected chi connectivity index (χ0v) is 12.2. The summed E-state index contributed by atoms with van der Waals surface area (Å²) in [5, 5.41) is 22.0. The molecule has 0 saturated heterocycles. The average Bonchev–Trinajstić information content (AvgIpc) is 3.01. The molecular formula is C14H12N4O3S. The van der Waals surface area contributed by atoms with Crippen molar-refractivity contribution in [3.8, 4) is 16.5 Å². The van der Waals surface area contributed by atoms with Crippen LogP contribution in [0.3, 0.4) is 0 Å². The van der Waals surface area contributed by atoms with Gasteiger partial charge in [0.25, 0.3) is 5.91 Å². The number of hydrogen-bond acceptors (Lipinski definition) is 5. The van der Waals surface area contributed by atoms with E-state index in [1.165, 1.54) is 11.3 Å². The van der Waals surface area contributed by atoms with E-state index in [9.17, 15) is 9.59 Å². The number of thiazole rings is 1. The molecule has 8 heteroatoms. The van der Waals surface area contributed by atoms with Gasteiger partial charge in [-0.1, -0.05) is 12.1 Å². The third-order valence-electron chi connectivity index (χ3n) is 2.75. The number of carbonyl (C=O) groups excluding carboxylic acids is 1. The average molecular weight is 316 g/mol. The van der Waals surface area contributed by atoms with Crippen LogP contribution < -0.4 is 10.6 Å². The summed E-state index contributed by atoms with van der Waals surface area (Å²) in [6.45, 7) is 0.298. The molecule has 0 atom stereocenters. The molecule has 0 fully saturated rings. The van der Waals surface area contributed by atoms with E-state index >= 15 is 0 Å². The number of rotatable bonds is 5. The third-order valence-corrected chi connectivity index (χ3v) is 3.62. The standard InChI is InChI=1S/C14H12N4O3S/c15-7-9-1-3-10(4-2-9)12-11(18-8-22-12)13(19)16-5-6-17-14(20)21/h1-4,8,17H,5-6H2,(H,16,19)(H,20,21). The first-order chi connectivity index (χ1) is 10.6. The number of carboxylic acid groups (broad SMARTS) is 1. The minimum absolute atomic E-state index is 0.122. The highest BCUT2D eigenvalue weighted by Crippen LogP contribution is 2.27. The number of nitrogens with zero attached hydrogens (tertiary/aromatic N) is 2. The molecule has 2 aromatic rings. The van der Waals surface area contributed by atoms with E-state index in [1.807, 2.05) is 6.07 Å². The van der Waals surface area contributed by atoms with Gasteiger partial charge in [-0.2, -0.15) is 5.26 Å². The van der Waals surface area contributed by atoms with Crippen molar-refractivity contribution in [2.24, 2.45) is 0 Å². The molecule has 0 aliphatic rings. The minimum atomic E-state index is -1.14. The Kier molecular flexibility index (Phi) is 5.06. The van der Waals surface area contributed by atoms with Crippen LogP contribution in [0.1, 0.15) is 16.1 Å². The van der Waals surface area contributed by atoms with Crippen molar-refractivity contribution in [1.82, 2.24) is 15.6 Å². The first-order valence-electron chi connectivity index (χ1n) is 6.31. The van der Waals surface area contributed by atoms with Crippen LogP contribution in [0.5, 0.6) is 0 Å². The van der Waals surface area contributed by atoms with Crippen LogP contribution >= 0.6 is 11.3 Å². The molecule has 22 heavy (non-hydrogen) atoms. The molecule has 0 radical (unpaired) electrons. The lowest BCUT2D eigenvalue weighted by atomic mass is 10.1. The first-order valence-corrected chi connectivity index (χ1v) is 7.19. The lowest BCUT2D eigenvalue weighted by Crippen LogP contribution is -2.34. The lowest BCUT2D eigenvalue weighted by Gasteiger charge is -2.05. The maximum Gasteiger partial charge on any atom is 0.404 e. The van der Waals surface area contributed by atoms with Crippen LogP contribution in [0.4, 0.5) is 4.79 Å². The van der Waals surface area contributed by atoms with Crippen LogP contribution in [-0.4, -0.2) is 35.2 Å². The van der Waals surface area contributed by atoms with Gasteiger partial charge < -0.3 is 15.7 Å². The Balaban J connectivity index is 2.06. The molecular weight excluding hydrogens is 304 g/mol. The topological polar surface area (TPSA) is 115 Å². The number of nitrogens with one attached hydrogen (secondary N) is 2. The number of aromatic nitrogens is 1. The third kappa shape index (κ3) is 3.80. The molecule has 0 unspecified atom stereocenters. The summed E-state index contributed by atoms with van der Waals surface area (Å²) in [7, 11) is 0. The van der Waals surface area contributed by atoms with Crippen LogP contribution in [0.15, 0.2) is 29.8 Å². The fraction of sp³-hybridized carbons (Fsp3) is 0.143. The molecule has 3 N–H and O–H groups in total. The molecule has 2 rings (SSSR count). The van der Waals surface area contributed by atoms with E-state index < -0.39 is 6.09 Å². The fourth-order valence-electron chi connectivity index (χ4n) is 1.74. The summed E-state index contributed by atoms with van der Waals surface area (Å²) in [6.07, 6.45) is -1.14. The lowest BCUT2D eigenvalue weighted by molar-refractivity contribution is 0.0949. The Morgan fingerprint density at radius 3 is 2.55 bits per heavy atom. The van der Waals surface area contributed by atoms with Crippen molar-refractivity contribution < 1.29 is 14.7 Å². The summed E-state index contributed by atoms with van der Waals surface area (Å²) in [5.41, 5.74) is 3.19. The summed E-state index contributed by atoms with van der Waals surface area (Å²) >= 11 is 1.32. The zero-order chi connectivity index (χ0) is 15.9. The Bertz CT molecular complexity index is 718. The van der Waals surface area contributed by atoms with E-state index in [4.69, 9.17) is 10.4 Å². The van der Waals surface area contributed by atoms with Gasteiger partial charge in [-0.15, -0.1) is 11.3 Å². The second kappa shape index (κ2) is 7.19. The van der Waals surface area contributed by atoms with E-state index in [-0.39, 0.29) is 24.7 Å². The highest BCUT2D eigenvalue weighted by atomic mass is 32.1. The highest BCUT2D eigenvalue weighted by Gasteiger charge is 2.16. The van der Waals surface area contributed by atoms with Gasteiger partial charge in [0, 0.05) is 13.1 Å². The molecule has 2 amide bonds. The van der Waals surface area contributed by atoms with E-state index in [0.717, 1.165) is 5.56 Å². The van der Waals surface area contributed by atoms with Crippen molar-refractivity contribution >= 4 is 23.3 Å². The van der Waals surface area contributed by atoms with Crippen molar-refractivity contribution in [3.05, 3.63) is 41.0 Å². The number of amides is 2.